The Kier molecular flexibility index (Phi) is 3.73. The second-order valence-electron chi connectivity index (χ2n) is 7.39. The minimum Gasteiger partial charge on any atom is -0.294 e. The summed E-state index contributed by atoms with van der Waals surface area (Å²) < 4.78 is 23.5. The zero-order chi connectivity index (χ0) is 13.6. The molecule has 3 nitrogen and oxygen atoms in total. The van der Waals surface area contributed by atoms with Crippen molar-refractivity contribution >= 4 is 9.84 Å². The highest BCUT2D eigenvalue weighted by atomic mass is 32.2. The van der Waals surface area contributed by atoms with Crippen LogP contribution >= 0.6 is 0 Å². The SMILES string of the molecule is CC(C)(C)C1CC(S(C)(=O)=O)CN1C(C)(C)C. The summed E-state index contributed by atoms with van der Waals surface area (Å²) in [6.07, 6.45) is 2.13. The van der Waals surface area contributed by atoms with Crippen LogP contribution in [0.2, 0.25) is 0 Å². The molecule has 0 amide bonds. The Balaban J connectivity index is 3.04. The van der Waals surface area contributed by atoms with Gasteiger partial charge in [0, 0.05) is 24.4 Å². The summed E-state index contributed by atoms with van der Waals surface area (Å²) in [7, 11) is -2.93. The fourth-order valence-corrected chi connectivity index (χ4v) is 3.63. The Morgan fingerprint density at radius 3 is 1.76 bits per heavy atom. The number of hydrogen-bond acceptors (Lipinski definition) is 3. The predicted octanol–water partition coefficient (Wildman–Crippen LogP) is 2.32. The van der Waals surface area contributed by atoms with Gasteiger partial charge in [0.1, 0.15) is 0 Å². The number of hydrogen-bond donors (Lipinski definition) is 0. The van der Waals surface area contributed by atoms with Crippen molar-refractivity contribution in [2.24, 2.45) is 5.41 Å². The van der Waals surface area contributed by atoms with Crippen LogP contribution in [0.3, 0.4) is 0 Å². The summed E-state index contributed by atoms with van der Waals surface area (Å²) in [6, 6.07) is 0.335. The van der Waals surface area contributed by atoms with Gasteiger partial charge < -0.3 is 0 Å². The second kappa shape index (κ2) is 4.23. The fourth-order valence-electron chi connectivity index (χ4n) is 2.67. The molecule has 0 spiro atoms. The van der Waals surface area contributed by atoms with E-state index >= 15 is 0 Å². The quantitative estimate of drug-likeness (QED) is 0.727. The zero-order valence-electron chi connectivity index (χ0n) is 12.2. The van der Waals surface area contributed by atoms with Crippen molar-refractivity contribution in [3.63, 3.8) is 0 Å². The van der Waals surface area contributed by atoms with Crippen LogP contribution in [-0.4, -0.2) is 42.9 Å². The minimum atomic E-state index is -2.93. The van der Waals surface area contributed by atoms with Gasteiger partial charge in [0.15, 0.2) is 9.84 Å². The third-order valence-electron chi connectivity index (χ3n) is 3.73. The van der Waals surface area contributed by atoms with Crippen LogP contribution < -0.4 is 0 Å². The highest BCUT2D eigenvalue weighted by molar-refractivity contribution is 7.91. The molecule has 0 aliphatic carbocycles. The Morgan fingerprint density at radius 1 is 1.06 bits per heavy atom. The first-order valence-corrected chi connectivity index (χ1v) is 8.24. The van der Waals surface area contributed by atoms with Crippen molar-refractivity contribution in [3.05, 3.63) is 0 Å². The monoisotopic (exact) mass is 261 g/mol. The highest BCUT2D eigenvalue weighted by Gasteiger charge is 2.46. The molecule has 0 aromatic rings. The molecule has 1 aliphatic rings. The van der Waals surface area contributed by atoms with Gasteiger partial charge in [-0.3, -0.25) is 4.90 Å². The number of likely N-dealkylation sites (tertiary alicyclic amines) is 1. The van der Waals surface area contributed by atoms with E-state index in [-0.39, 0.29) is 16.2 Å². The summed E-state index contributed by atoms with van der Waals surface area (Å²) in [5, 5.41) is -0.203. The first-order chi connectivity index (χ1) is 7.33. The molecule has 1 saturated heterocycles. The average molecular weight is 261 g/mol. The summed E-state index contributed by atoms with van der Waals surface area (Å²) in [6.45, 7) is 13.7. The molecule has 0 bridgehead atoms. The van der Waals surface area contributed by atoms with E-state index in [1.54, 1.807) is 0 Å². The van der Waals surface area contributed by atoms with E-state index < -0.39 is 9.84 Å². The normalized spacial score (nSPS) is 28.6. The smallest absolute Gasteiger partial charge is 0.151 e. The van der Waals surface area contributed by atoms with Crippen molar-refractivity contribution in [1.82, 2.24) is 4.90 Å². The standard InChI is InChI=1S/C13H27NO2S/c1-12(2,3)11-8-10(17(7,15)16)9-14(11)13(4,5)6/h10-11H,8-9H2,1-7H3. The topological polar surface area (TPSA) is 37.4 Å². The maximum absolute atomic E-state index is 11.8. The third kappa shape index (κ3) is 3.44. The van der Waals surface area contributed by atoms with Crippen LogP contribution in [0.25, 0.3) is 0 Å². The van der Waals surface area contributed by atoms with Crippen LogP contribution in [0.5, 0.6) is 0 Å². The van der Waals surface area contributed by atoms with Crippen molar-refractivity contribution in [1.29, 1.82) is 0 Å². The Labute approximate surface area is 106 Å². The molecule has 0 aromatic heterocycles. The lowest BCUT2D eigenvalue weighted by Crippen LogP contribution is -2.49. The van der Waals surface area contributed by atoms with Gasteiger partial charge in [0.25, 0.3) is 0 Å². The Hall–Kier alpha value is -0.0900. The molecule has 1 fully saturated rings. The number of sulfone groups is 1. The molecule has 0 aromatic carbocycles. The van der Waals surface area contributed by atoms with Gasteiger partial charge in [-0.1, -0.05) is 20.8 Å². The second-order valence-corrected chi connectivity index (χ2v) is 9.72. The van der Waals surface area contributed by atoms with Gasteiger partial charge in [-0.05, 0) is 32.6 Å². The molecule has 0 saturated carbocycles. The fraction of sp³-hybridized carbons (Fsp3) is 1.00. The van der Waals surface area contributed by atoms with Crippen molar-refractivity contribution in [2.75, 3.05) is 12.8 Å². The molecular formula is C13H27NO2S. The van der Waals surface area contributed by atoms with Gasteiger partial charge in [0.2, 0.25) is 0 Å². The van der Waals surface area contributed by atoms with Crippen LogP contribution in [0.4, 0.5) is 0 Å². The Bertz CT molecular complexity index is 351. The lowest BCUT2D eigenvalue weighted by atomic mass is 9.83. The minimum absolute atomic E-state index is 0.0252. The van der Waals surface area contributed by atoms with E-state index in [4.69, 9.17) is 0 Å². The summed E-state index contributed by atoms with van der Waals surface area (Å²) in [5.74, 6) is 0. The molecule has 2 atom stereocenters. The molecule has 1 aliphatic heterocycles. The molecule has 4 heteroatoms. The van der Waals surface area contributed by atoms with Crippen molar-refractivity contribution in [3.8, 4) is 0 Å². The van der Waals surface area contributed by atoms with E-state index in [9.17, 15) is 8.42 Å². The zero-order valence-corrected chi connectivity index (χ0v) is 13.1. The van der Waals surface area contributed by atoms with E-state index in [1.807, 2.05) is 0 Å². The maximum Gasteiger partial charge on any atom is 0.151 e. The Morgan fingerprint density at radius 2 is 1.53 bits per heavy atom. The summed E-state index contributed by atoms with van der Waals surface area (Å²) in [4.78, 5) is 2.36. The van der Waals surface area contributed by atoms with E-state index in [1.165, 1.54) is 6.26 Å². The van der Waals surface area contributed by atoms with E-state index in [0.29, 0.717) is 12.6 Å². The third-order valence-corrected chi connectivity index (χ3v) is 5.28. The van der Waals surface area contributed by atoms with Crippen molar-refractivity contribution < 1.29 is 8.42 Å². The van der Waals surface area contributed by atoms with Gasteiger partial charge in [-0.25, -0.2) is 8.42 Å². The van der Waals surface area contributed by atoms with Crippen LogP contribution in [0, 0.1) is 5.41 Å². The summed E-state index contributed by atoms with van der Waals surface area (Å²) >= 11 is 0. The molecule has 2 unspecified atom stereocenters. The van der Waals surface area contributed by atoms with Gasteiger partial charge >= 0.3 is 0 Å². The maximum atomic E-state index is 11.8. The lowest BCUT2D eigenvalue weighted by Gasteiger charge is -2.42. The molecule has 1 heterocycles. The van der Waals surface area contributed by atoms with Gasteiger partial charge in [-0.15, -0.1) is 0 Å². The summed E-state index contributed by atoms with van der Waals surface area (Å²) in [5.41, 5.74) is 0.143. The van der Waals surface area contributed by atoms with E-state index in [0.717, 1.165) is 6.42 Å². The van der Waals surface area contributed by atoms with E-state index in [2.05, 4.69) is 46.4 Å². The lowest BCUT2D eigenvalue weighted by molar-refractivity contribution is 0.0582. The predicted molar refractivity (Wildman–Crippen MR) is 73.0 cm³/mol. The molecule has 1 rings (SSSR count). The highest BCUT2D eigenvalue weighted by Crippen LogP contribution is 2.38. The van der Waals surface area contributed by atoms with Crippen LogP contribution in [-0.2, 0) is 9.84 Å². The first-order valence-electron chi connectivity index (χ1n) is 6.29. The number of rotatable bonds is 1. The molecule has 102 valence electrons. The van der Waals surface area contributed by atoms with Gasteiger partial charge in [0.05, 0.1) is 5.25 Å². The van der Waals surface area contributed by atoms with Gasteiger partial charge in [-0.2, -0.15) is 0 Å². The molecule has 17 heavy (non-hydrogen) atoms. The number of nitrogens with zero attached hydrogens (tertiary/aromatic N) is 1. The molecule has 0 N–H and O–H groups in total. The van der Waals surface area contributed by atoms with Crippen molar-refractivity contribution in [2.45, 2.75) is 64.8 Å². The molecular weight excluding hydrogens is 234 g/mol. The first kappa shape index (κ1) is 15.0. The van der Waals surface area contributed by atoms with Crippen LogP contribution in [0.1, 0.15) is 48.0 Å². The largest absolute Gasteiger partial charge is 0.294 e. The van der Waals surface area contributed by atoms with Crippen LogP contribution in [0.15, 0.2) is 0 Å². The molecule has 0 radical (unpaired) electrons. The average Bonchev–Trinajstić information content (AvgIpc) is 2.42.